The fourth-order valence-electron chi connectivity index (χ4n) is 5.03. The number of aliphatic hydroxyl groups is 1. The van der Waals surface area contributed by atoms with Gasteiger partial charge in [0, 0.05) is 16.0 Å². The summed E-state index contributed by atoms with van der Waals surface area (Å²) < 4.78 is 32.4. The number of aliphatic hydroxyl groups excluding tert-OH is 1. The molecule has 1 N–H and O–H groups in total. The van der Waals surface area contributed by atoms with Gasteiger partial charge in [0.25, 0.3) is 0 Å². The van der Waals surface area contributed by atoms with Crippen molar-refractivity contribution in [1.82, 2.24) is 0 Å². The van der Waals surface area contributed by atoms with E-state index in [1.807, 2.05) is 36.4 Å². The minimum absolute atomic E-state index is 0. The largest absolute Gasteiger partial charge is 1.00 e. The van der Waals surface area contributed by atoms with Crippen molar-refractivity contribution in [3.63, 3.8) is 0 Å². The fraction of sp³-hybridized carbons (Fsp3) is 0.500. The van der Waals surface area contributed by atoms with Crippen molar-refractivity contribution < 1.29 is 52.4 Å². The van der Waals surface area contributed by atoms with Crippen LogP contribution in [0.2, 0.25) is 10.0 Å². The van der Waals surface area contributed by atoms with E-state index in [4.69, 9.17) is 23.2 Å². The molecule has 2 aromatic rings. The van der Waals surface area contributed by atoms with E-state index in [9.17, 15) is 22.9 Å². The molecule has 5 nitrogen and oxygen atoms in total. The topological polar surface area (TPSA) is 94.5 Å². The Morgan fingerprint density at radius 2 is 1.14 bits per heavy atom. The quantitative estimate of drug-likeness (QED) is 0.351. The Morgan fingerprint density at radius 3 is 1.49 bits per heavy atom. The van der Waals surface area contributed by atoms with E-state index < -0.39 is 21.5 Å². The predicted octanol–water partition coefficient (Wildman–Crippen LogP) is 3.29. The summed E-state index contributed by atoms with van der Waals surface area (Å²) in [6, 6.07) is 15.7. The predicted molar refractivity (Wildman–Crippen MR) is 134 cm³/mol. The Labute approximate surface area is 240 Å². The number of halogens is 2. The Hall–Kier alpha value is -0.440. The maximum atomic E-state index is 10.8. The molecule has 2 saturated carbocycles. The van der Waals surface area contributed by atoms with Crippen molar-refractivity contribution in [1.29, 1.82) is 0 Å². The monoisotopic (exact) mass is 548 g/mol. The first-order chi connectivity index (χ1) is 16.2. The SMILES string of the molecule is O=CC1CCC(c2ccc(Cl)cc2)CC1.O=S(=O)([O-])C(O)C1CCC(c2ccc(Cl)cc2)CC1.[Na+]. The summed E-state index contributed by atoms with van der Waals surface area (Å²) in [5.41, 5.74) is 0.768. The van der Waals surface area contributed by atoms with Gasteiger partial charge in [0.05, 0.1) is 0 Å². The maximum Gasteiger partial charge on any atom is 1.00 e. The molecule has 0 aliphatic heterocycles. The van der Waals surface area contributed by atoms with E-state index in [-0.39, 0.29) is 29.6 Å². The summed E-state index contributed by atoms with van der Waals surface area (Å²) in [6.45, 7) is 0. The summed E-state index contributed by atoms with van der Waals surface area (Å²) in [5, 5.41) is 11.0. The van der Waals surface area contributed by atoms with Gasteiger partial charge >= 0.3 is 29.6 Å². The Bertz CT molecular complexity index is 1010. The second-order valence-corrected chi connectivity index (χ2v) is 11.7. The summed E-state index contributed by atoms with van der Waals surface area (Å²) in [7, 11) is -4.60. The van der Waals surface area contributed by atoms with E-state index in [0.717, 1.165) is 49.8 Å². The van der Waals surface area contributed by atoms with Gasteiger partial charge in [0.1, 0.15) is 21.8 Å². The van der Waals surface area contributed by atoms with Crippen molar-refractivity contribution in [2.24, 2.45) is 11.8 Å². The third-order valence-corrected chi connectivity index (χ3v) is 8.60. The number of carbonyl (C=O) groups is 1. The van der Waals surface area contributed by atoms with Gasteiger partial charge in [-0.05, 0) is 105 Å². The Balaban J connectivity index is 0.000000246. The van der Waals surface area contributed by atoms with Crippen molar-refractivity contribution in [2.75, 3.05) is 0 Å². The number of aldehydes is 1. The van der Waals surface area contributed by atoms with Gasteiger partial charge in [-0.15, -0.1) is 0 Å². The molecule has 4 rings (SSSR count). The number of hydrogen-bond donors (Lipinski definition) is 1. The van der Waals surface area contributed by atoms with Crippen LogP contribution in [0.3, 0.4) is 0 Å². The van der Waals surface area contributed by atoms with Gasteiger partial charge in [0.15, 0.2) is 0 Å². The average Bonchev–Trinajstić information content (AvgIpc) is 2.85. The zero-order valence-corrected chi connectivity index (χ0v) is 24.3. The molecular weight excluding hydrogens is 518 g/mol. The fourth-order valence-corrected chi connectivity index (χ4v) is 6.03. The molecule has 0 amide bonds. The molecule has 0 radical (unpaired) electrons. The first-order valence-corrected chi connectivity index (χ1v) is 14.0. The molecule has 9 heteroatoms. The molecule has 1 atom stereocenters. The Kier molecular flexibility index (Phi) is 12.7. The molecule has 2 fully saturated rings. The van der Waals surface area contributed by atoms with Gasteiger partial charge in [-0.1, -0.05) is 47.5 Å². The van der Waals surface area contributed by atoms with E-state index in [2.05, 4.69) is 12.1 Å². The maximum absolute atomic E-state index is 10.8. The standard InChI is InChI=1S/C13H17ClO4S.C13H15ClO.Na/c14-12-7-5-10(6-8-12)9-1-3-11(4-2-9)13(15)19(16,17)18;14-13-7-5-12(6-8-13)11-3-1-10(9-15)2-4-11;/h5-9,11,13,15H,1-4H2,(H,16,17,18);5-11H,1-4H2;/q;;+1/p-1. The zero-order valence-electron chi connectivity index (χ0n) is 20.0. The van der Waals surface area contributed by atoms with Gasteiger partial charge < -0.3 is 14.5 Å². The number of hydrogen-bond acceptors (Lipinski definition) is 5. The number of benzene rings is 2. The van der Waals surface area contributed by atoms with E-state index in [1.54, 1.807) is 0 Å². The molecule has 2 aromatic carbocycles. The van der Waals surface area contributed by atoms with Gasteiger partial charge in [-0.3, -0.25) is 0 Å². The number of carbonyl (C=O) groups excluding carboxylic acids is 1. The van der Waals surface area contributed by atoms with Crippen molar-refractivity contribution >= 4 is 39.6 Å². The molecule has 186 valence electrons. The summed E-state index contributed by atoms with van der Waals surface area (Å²) >= 11 is 11.7. The van der Waals surface area contributed by atoms with Crippen LogP contribution in [0.4, 0.5) is 0 Å². The first kappa shape index (κ1) is 30.8. The Morgan fingerprint density at radius 1 is 0.771 bits per heavy atom. The molecule has 35 heavy (non-hydrogen) atoms. The van der Waals surface area contributed by atoms with E-state index in [0.29, 0.717) is 35.6 Å². The van der Waals surface area contributed by atoms with Crippen LogP contribution in [-0.2, 0) is 14.9 Å². The van der Waals surface area contributed by atoms with Crippen LogP contribution in [0.1, 0.15) is 74.3 Å². The van der Waals surface area contributed by atoms with Crippen LogP contribution >= 0.6 is 23.2 Å². The second-order valence-electron chi connectivity index (χ2n) is 9.35. The zero-order chi connectivity index (χ0) is 24.7. The summed E-state index contributed by atoms with van der Waals surface area (Å²) in [6.07, 6.45) is 8.10. The molecule has 0 heterocycles. The van der Waals surface area contributed by atoms with Gasteiger partial charge in [-0.2, -0.15) is 0 Å². The number of rotatable bonds is 5. The van der Waals surface area contributed by atoms with Crippen LogP contribution in [0.15, 0.2) is 48.5 Å². The van der Waals surface area contributed by atoms with Crippen LogP contribution < -0.4 is 29.6 Å². The van der Waals surface area contributed by atoms with Gasteiger partial charge in [-0.25, -0.2) is 8.42 Å². The summed E-state index contributed by atoms with van der Waals surface area (Å²) in [4.78, 5) is 10.6. The van der Waals surface area contributed by atoms with Gasteiger partial charge in [0.2, 0.25) is 0 Å². The normalized spacial score (nSPS) is 25.4. The van der Waals surface area contributed by atoms with Crippen molar-refractivity contribution in [2.45, 2.75) is 68.6 Å². The molecule has 0 saturated heterocycles. The molecule has 0 spiro atoms. The van der Waals surface area contributed by atoms with Crippen LogP contribution in [0, 0.1) is 11.8 Å². The van der Waals surface area contributed by atoms with Crippen LogP contribution in [0.25, 0.3) is 0 Å². The molecular formula is C26H31Cl2NaO5S. The first-order valence-electron chi connectivity index (χ1n) is 11.8. The minimum atomic E-state index is -4.60. The van der Waals surface area contributed by atoms with Crippen molar-refractivity contribution in [3.8, 4) is 0 Å². The molecule has 2 aliphatic rings. The minimum Gasteiger partial charge on any atom is -0.746 e. The van der Waals surface area contributed by atoms with Crippen LogP contribution in [0.5, 0.6) is 0 Å². The third kappa shape index (κ3) is 9.42. The average molecular weight is 549 g/mol. The second kappa shape index (κ2) is 14.5. The molecule has 0 bridgehead atoms. The molecule has 2 aliphatic carbocycles. The van der Waals surface area contributed by atoms with Crippen LogP contribution in [-0.4, -0.2) is 29.8 Å². The third-order valence-electron chi connectivity index (χ3n) is 7.12. The summed E-state index contributed by atoms with van der Waals surface area (Å²) in [5.74, 6) is 0.827. The van der Waals surface area contributed by atoms with E-state index in [1.165, 1.54) is 11.1 Å². The smallest absolute Gasteiger partial charge is 0.746 e. The van der Waals surface area contributed by atoms with E-state index >= 15 is 0 Å². The van der Waals surface area contributed by atoms with Crippen molar-refractivity contribution in [3.05, 3.63) is 69.7 Å². The molecule has 0 aromatic heterocycles. The molecule has 1 unspecified atom stereocenters.